The minimum atomic E-state index is -0.525. The minimum absolute atomic E-state index is 0.106. The van der Waals surface area contributed by atoms with E-state index in [0.717, 1.165) is 29.8 Å². The summed E-state index contributed by atoms with van der Waals surface area (Å²) in [5.74, 6) is 0.488. The van der Waals surface area contributed by atoms with Crippen molar-refractivity contribution in [2.24, 2.45) is 0 Å². The van der Waals surface area contributed by atoms with Crippen LogP contribution in [0.3, 0.4) is 0 Å². The summed E-state index contributed by atoms with van der Waals surface area (Å²) in [6.45, 7) is 12.5. The van der Waals surface area contributed by atoms with Gasteiger partial charge in [0.25, 0.3) is 0 Å². The van der Waals surface area contributed by atoms with E-state index in [0.29, 0.717) is 41.3 Å². The van der Waals surface area contributed by atoms with Crippen molar-refractivity contribution >= 4 is 11.6 Å². The molecule has 1 atom stereocenters. The van der Waals surface area contributed by atoms with Crippen LogP contribution in [0.2, 0.25) is 0 Å². The zero-order chi connectivity index (χ0) is 28.6. The van der Waals surface area contributed by atoms with Gasteiger partial charge in [-0.1, -0.05) is 5.21 Å². The number of carbonyl (C=O) groups is 1. The highest BCUT2D eigenvalue weighted by Gasteiger charge is 2.29. The number of hydrogen-bond acceptors (Lipinski definition) is 9. The second kappa shape index (κ2) is 10.6. The summed E-state index contributed by atoms with van der Waals surface area (Å²) in [5, 5.41) is 23.1. The number of nitriles is 1. The second-order valence-electron chi connectivity index (χ2n) is 11.1. The molecule has 4 aromatic rings. The van der Waals surface area contributed by atoms with Crippen LogP contribution in [0.1, 0.15) is 75.3 Å². The Morgan fingerprint density at radius 2 is 1.93 bits per heavy atom. The van der Waals surface area contributed by atoms with E-state index in [2.05, 4.69) is 31.4 Å². The monoisotopic (exact) mass is 543 g/mol. The van der Waals surface area contributed by atoms with Crippen molar-refractivity contribution in [3.63, 3.8) is 0 Å². The summed E-state index contributed by atoms with van der Waals surface area (Å²) in [7, 11) is 0. The molecule has 12 heteroatoms. The number of nitrogens with zero attached hydrogens (tertiary/aromatic N) is 9. The van der Waals surface area contributed by atoms with Gasteiger partial charge in [0.1, 0.15) is 40.3 Å². The van der Waals surface area contributed by atoms with E-state index >= 15 is 0 Å². The number of hydrogen-bond donors (Lipinski definition) is 0. The van der Waals surface area contributed by atoms with Crippen LogP contribution in [-0.4, -0.2) is 64.3 Å². The molecule has 4 aromatic heterocycles. The number of amides is 1. The standard InChI is InChI=1S/C28H33N9O3/c1-17-13-30-15-23(32-17)19(3)39-24-11-20(16-36-26(24)21(12-29)14-31-36)25-18(2)37(34-33-25)22-7-9-35(10-8-22)27(38)40-28(4,5)6/h11,13-16,19,22H,7-10H2,1-6H3. The van der Waals surface area contributed by atoms with Gasteiger partial charge in [-0.3, -0.25) is 9.97 Å². The fourth-order valence-electron chi connectivity index (χ4n) is 4.89. The highest BCUT2D eigenvalue weighted by atomic mass is 16.6. The van der Waals surface area contributed by atoms with Crippen LogP contribution in [0, 0.1) is 25.2 Å². The first-order valence-electron chi connectivity index (χ1n) is 13.3. The lowest BCUT2D eigenvalue weighted by molar-refractivity contribution is 0.0184. The molecule has 0 spiro atoms. The molecule has 0 aromatic carbocycles. The van der Waals surface area contributed by atoms with Gasteiger partial charge in [0.2, 0.25) is 0 Å². The van der Waals surface area contributed by atoms with Crippen molar-refractivity contribution in [2.45, 2.75) is 72.1 Å². The maximum Gasteiger partial charge on any atom is 0.410 e. The van der Waals surface area contributed by atoms with Crippen molar-refractivity contribution in [3.8, 4) is 23.1 Å². The van der Waals surface area contributed by atoms with Gasteiger partial charge in [-0.15, -0.1) is 5.10 Å². The fraction of sp³-hybridized carbons (Fsp3) is 0.464. The van der Waals surface area contributed by atoms with Gasteiger partial charge < -0.3 is 14.4 Å². The second-order valence-corrected chi connectivity index (χ2v) is 11.1. The summed E-state index contributed by atoms with van der Waals surface area (Å²) < 4.78 is 15.4. The summed E-state index contributed by atoms with van der Waals surface area (Å²) in [5.41, 5.74) is 4.26. The Labute approximate surface area is 232 Å². The summed E-state index contributed by atoms with van der Waals surface area (Å²) in [6.07, 6.45) is 7.49. The minimum Gasteiger partial charge on any atom is -0.482 e. The molecule has 0 radical (unpaired) electrons. The Hall–Kier alpha value is -4.53. The SMILES string of the molecule is Cc1cncc(C(C)Oc2cc(-c3nnn(C4CCN(C(=O)OC(C)(C)C)CC4)c3C)cn3ncc(C#N)c23)n1. The molecule has 0 N–H and O–H groups in total. The Kier molecular flexibility index (Phi) is 7.14. The molecule has 0 aliphatic carbocycles. The maximum absolute atomic E-state index is 12.5. The van der Waals surface area contributed by atoms with E-state index in [1.54, 1.807) is 21.8 Å². The molecule has 1 aliphatic rings. The summed E-state index contributed by atoms with van der Waals surface area (Å²) in [4.78, 5) is 23.0. The van der Waals surface area contributed by atoms with Crippen LogP contribution < -0.4 is 4.74 Å². The van der Waals surface area contributed by atoms with Crippen molar-refractivity contribution in [1.82, 2.24) is 39.5 Å². The Balaban J connectivity index is 1.41. The van der Waals surface area contributed by atoms with Crippen LogP contribution in [0.15, 0.2) is 30.9 Å². The van der Waals surface area contributed by atoms with E-state index in [9.17, 15) is 10.1 Å². The molecule has 1 amide bonds. The predicted octanol–water partition coefficient (Wildman–Crippen LogP) is 4.58. The normalized spacial score (nSPS) is 15.2. The summed E-state index contributed by atoms with van der Waals surface area (Å²) >= 11 is 0. The first kappa shape index (κ1) is 27.1. The number of likely N-dealkylation sites (tertiary alicyclic amines) is 1. The van der Waals surface area contributed by atoms with Gasteiger partial charge in [0.05, 0.1) is 35.5 Å². The van der Waals surface area contributed by atoms with Gasteiger partial charge in [0, 0.05) is 31.0 Å². The van der Waals surface area contributed by atoms with Gasteiger partial charge in [-0.25, -0.2) is 14.0 Å². The topological polar surface area (TPSA) is 136 Å². The van der Waals surface area contributed by atoms with Crippen LogP contribution >= 0.6 is 0 Å². The highest BCUT2D eigenvalue weighted by Crippen LogP contribution is 2.34. The molecular formula is C28H33N9O3. The van der Waals surface area contributed by atoms with Gasteiger partial charge in [0.15, 0.2) is 0 Å². The molecule has 12 nitrogen and oxygen atoms in total. The van der Waals surface area contributed by atoms with Crippen molar-refractivity contribution in [2.75, 3.05) is 13.1 Å². The largest absolute Gasteiger partial charge is 0.482 e. The van der Waals surface area contributed by atoms with E-state index in [-0.39, 0.29) is 12.1 Å². The average molecular weight is 544 g/mol. The molecule has 1 aliphatic heterocycles. The number of aryl methyl sites for hydroxylation is 1. The van der Waals surface area contributed by atoms with Crippen molar-refractivity contribution < 1.29 is 14.3 Å². The zero-order valence-electron chi connectivity index (χ0n) is 23.6. The van der Waals surface area contributed by atoms with Gasteiger partial charge in [-0.2, -0.15) is 10.4 Å². The Morgan fingerprint density at radius 1 is 1.18 bits per heavy atom. The van der Waals surface area contributed by atoms with Crippen LogP contribution in [0.25, 0.3) is 16.8 Å². The number of rotatable bonds is 5. The molecule has 40 heavy (non-hydrogen) atoms. The molecular weight excluding hydrogens is 510 g/mol. The highest BCUT2D eigenvalue weighted by molar-refractivity contribution is 5.75. The molecule has 1 unspecified atom stereocenters. The third-order valence-electron chi connectivity index (χ3n) is 6.85. The third kappa shape index (κ3) is 5.45. The van der Waals surface area contributed by atoms with E-state index in [1.165, 1.54) is 6.20 Å². The number of fused-ring (bicyclic) bond motifs is 1. The van der Waals surface area contributed by atoms with Crippen LogP contribution in [0.4, 0.5) is 4.79 Å². The first-order valence-corrected chi connectivity index (χ1v) is 13.3. The van der Waals surface area contributed by atoms with Gasteiger partial charge in [-0.05, 0) is 60.5 Å². The zero-order valence-corrected chi connectivity index (χ0v) is 23.6. The lowest BCUT2D eigenvalue weighted by Gasteiger charge is -2.33. The first-order chi connectivity index (χ1) is 19.0. The van der Waals surface area contributed by atoms with Crippen molar-refractivity contribution in [1.29, 1.82) is 5.26 Å². The number of aromatic nitrogens is 7. The predicted molar refractivity (Wildman–Crippen MR) is 146 cm³/mol. The quantitative estimate of drug-likeness (QED) is 0.354. The smallest absolute Gasteiger partial charge is 0.410 e. The fourth-order valence-corrected chi connectivity index (χ4v) is 4.89. The summed E-state index contributed by atoms with van der Waals surface area (Å²) in [6, 6.07) is 4.16. The molecule has 1 saturated heterocycles. The van der Waals surface area contributed by atoms with E-state index in [1.807, 2.05) is 58.5 Å². The van der Waals surface area contributed by atoms with Crippen LogP contribution in [0.5, 0.6) is 5.75 Å². The molecule has 5 heterocycles. The lowest BCUT2D eigenvalue weighted by atomic mass is 10.0. The van der Waals surface area contributed by atoms with E-state index in [4.69, 9.17) is 9.47 Å². The molecule has 208 valence electrons. The van der Waals surface area contributed by atoms with Crippen LogP contribution in [-0.2, 0) is 4.74 Å². The van der Waals surface area contributed by atoms with Crippen molar-refractivity contribution in [3.05, 3.63) is 53.5 Å². The average Bonchev–Trinajstić information content (AvgIpc) is 3.51. The number of piperidine rings is 1. The molecule has 1 fully saturated rings. The lowest BCUT2D eigenvalue weighted by Crippen LogP contribution is -2.42. The Morgan fingerprint density at radius 3 is 2.60 bits per heavy atom. The number of ether oxygens (including phenoxy) is 2. The Bertz CT molecular complexity index is 1590. The number of carbonyl (C=O) groups excluding carboxylic acids is 1. The maximum atomic E-state index is 12.5. The van der Waals surface area contributed by atoms with Gasteiger partial charge >= 0.3 is 6.09 Å². The molecule has 5 rings (SSSR count). The van der Waals surface area contributed by atoms with E-state index < -0.39 is 11.7 Å². The number of pyridine rings is 1. The third-order valence-corrected chi connectivity index (χ3v) is 6.85. The molecule has 0 saturated carbocycles. The molecule has 0 bridgehead atoms.